The van der Waals surface area contributed by atoms with Crippen LogP contribution in [0.1, 0.15) is 31.7 Å². The summed E-state index contributed by atoms with van der Waals surface area (Å²) in [5, 5.41) is 11.9. The number of nitriles is 1. The van der Waals surface area contributed by atoms with Crippen LogP contribution in [0.5, 0.6) is 5.75 Å². The van der Waals surface area contributed by atoms with Crippen LogP contribution in [0.3, 0.4) is 0 Å². The van der Waals surface area contributed by atoms with Gasteiger partial charge in [0, 0.05) is 22.2 Å². The number of imide groups is 1. The number of amides is 2. The Labute approximate surface area is 218 Å². The Bertz CT molecular complexity index is 1480. The van der Waals surface area contributed by atoms with Crippen molar-refractivity contribution in [1.29, 1.82) is 5.26 Å². The Hall–Kier alpha value is -3.11. The van der Waals surface area contributed by atoms with Gasteiger partial charge in [0.15, 0.2) is 0 Å². The number of halogens is 2. The van der Waals surface area contributed by atoms with Crippen LogP contribution < -0.4 is 9.64 Å². The fourth-order valence-corrected chi connectivity index (χ4v) is 6.81. The van der Waals surface area contributed by atoms with Crippen LogP contribution in [0.2, 0.25) is 10.0 Å². The molecule has 3 aromatic carbocycles. The zero-order valence-corrected chi connectivity index (χ0v) is 21.0. The highest BCUT2D eigenvalue weighted by Gasteiger charge is 2.73. The lowest BCUT2D eigenvalue weighted by Gasteiger charge is -2.31. The molecule has 0 radical (unpaired) electrons. The number of ether oxygens (including phenoxy) is 2. The van der Waals surface area contributed by atoms with Gasteiger partial charge in [-0.15, -0.1) is 0 Å². The molecule has 0 aliphatic carbocycles. The minimum Gasteiger partial charge on any atom is -0.492 e. The average molecular weight is 521 g/mol. The summed E-state index contributed by atoms with van der Waals surface area (Å²) in [5.74, 6) is -1.15. The molecule has 8 heteroatoms. The summed E-state index contributed by atoms with van der Waals surface area (Å²) >= 11 is 12.2. The first kappa shape index (κ1) is 23.3. The number of nitrogens with zero attached hydrogens (tertiary/aromatic N) is 2. The molecule has 0 unspecified atom stereocenters. The predicted octanol–water partition coefficient (Wildman–Crippen LogP) is 5.91. The fourth-order valence-electron chi connectivity index (χ4n) is 6.35. The smallest absolute Gasteiger partial charge is 0.240 e. The standard InChI is InChI=1S/C28H22Cl2N2O4/c1-27-10-11-28(36-27,12-13-35-22-9-7-17(29)14-20(22)30)24-23(27)25(33)32(26(24)34)21-8-6-16(15-31)18-4-2-3-5-19(18)21/h2-9,14,23-24H,10-13H2,1H3/t23-,24+,27-,28-/m1/s1. The van der Waals surface area contributed by atoms with Crippen molar-refractivity contribution in [2.45, 2.75) is 37.4 Å². The molecular weight excluding hydrogens is 499 g/mol. The molecule has 2 bridgehead atoms. The minimum absolute atomic E-state index is 0.245. The van der Waals surface area contributed by atoms with Crippen LogP contribution in [0, 0.1) is 23.2 Å². The number of hydrogen-bond acceptors (Lipinski definition) is 5. The molecule has 36 heavy (non-hydrogen) atoms. The number of rotatable bonds is 5. The minimum atomic E-state index is -0.789. The highest BCUT2D eigenvalue weighted by molar-refractivity contribution is 6.35. The van der Waals surface area contributed by atoms with Gasteiger partial charge in [-0.25, -0.2) is 4.90 Å². The highest BCUT2D eigenvalue weighted by Crippen LogP contribution is 2.62. The van der Waals surface area contributed by atoms with Crippen molar-refractivity contribution in [3.8, 4) is 11.8 Å². The van der Waals surface area contributed by atoms with Gasteiger partial charge >= 0.3 is 0 Å². The molecule has 182 valence electrons. The lowest BCUT2D eigenvalue weighted by Crippen LogP contribution is -2.43. The molecule has 4 atom stereocenters. The molecule has 2 amide bonds. The summed E-state index contributed by atoms with van der Waals surface area (Å²) in [6.45, 7) is 2.21. The first-order valence-electron chi connectivity index (χ1n) is 11.9. The number of fused-ring (bicyclic) bond motifs is 6. The zero-order valence-electron chi connectivity index (χ0n) is 19.5. The van der Waals surface area contributed by atoms with Crippen molar-refractivity contribution in [2.75, 3.05) is 11.5 Å². The van der Waals surface area contributed by atoms with E-state index in [-0.39, 0.29) is 18.4 Å². The van der Waals surface area contributed by atoms with E-state index >= 15 is 0 Å². The topological polar surface area (TPSA) is 79.6 Å². The predicted molar refractivity (Wildman–Crippen MR) is 136 cm³/mol. The second kappa shape index (κ2) is 8.21. The maximum atomic E-state index is 13.9. The monoisotopic (exact) mass is 520 g/mol. The first-order valence-corrected chi connectivity index (χ1v) is 12.6. The van der Waals surface area contributed by atoms with Crippen molar-refractivity contribution < 1.29 is 19.1 Å². The summed E-state index contributed by atoms with van der Waals surface area (Å²) in [5.41, 5.74) is -0.496. The molecule has 0 saturated carbocycles. The lowest BCUT2D eigenvalue weighted by molar-refractivity contribution is -0.131. The maximum Gasteiger partial charge on any atom is 0.240 e. The third kappa shape index (κ3) is 3.27. The number of anilines is 1. The summed E-state index contributed by atoms with van der Waals surface area (Å²) in [7, 11) is 0. The van der Waals surface area contributed by atoms with Crippen LogP contribution >= 0.6 is 23.2 Å². The maximum absolute atomic E-state index is 13.9. The van der Waals surface area contributed by atoms with Gasteiger partial charge in [0.2, 0.25) is 11.8 Å². The van der Waals surface area contributed by atoms with E-state index in [9.17, 15) is 14.9 Å². The van der Waals surface area contributed by atoms with Crippen LogP contribution in [0.4, 0.5) is 5.69 Å². The fraction of sp³-hybridized carbons (Fsp3) is 0.321. The molecule has 3 aliphatic heterocycles. The number of carbonyl (C=O) groups is 2. The largest absolute Gasteiger partial charge is 0.492 e. The Balaban J connectivity index is 1.33. The van der Waals surface area contributed by atoms with Gasteiger partial charge in [-0.05, 0) is 50.1 Å². The van der Waals surface area contributed by atoms with Gasteiger partial charge in [0.25, 0.3) is 0 Å². The Morgan fingerprint density at radius 3 is 2.56 bits per heavy atom. The zero-order chi connectivity index (χ0) is 25.2. The second-order valence-corrected chi connectivity index (χ2v) is 10.8. The van der Waals surface area contributed by atoms with Crippen LogP contribution in [-0.2, 0) is 14.3 Å². The van der Waals surface area contributed by atoms with Crippen LogP contribution in [-0.4, -0.2) is 29.6 Å². The van der Waals surface area contributed by atoms with Gasteiger partial charge in [-0.3, -0.25) is 9.59 Å². The molecule has 3 aromatic rings. The SMILES string of the molecule is C[C@]12CC[C@](CCOc3ccc(Cl)cc3Cl)(O1)[C@@H]1C(=O)N(c3ccc(C#N)c4ccccc34)C(=O)[C@@H]12. The normalized spacial score (nSPS) is 28.6. The third-order valence-electron chi connectivity index (χ3n) is 7.95. The highest BCUT2D eigenvalue weighted by atomic mass is 35.5. The van der Waals surface area contributed by atoms with Crippen LogP contribution in [0.25, 0.3) is 10.8 Å². The average Bonchev–Trinajstić information content (AvgIpc) is 3.44. The lowest BCUT2D eigenvalue weighted by atomic mass is 9.67. The van der Waals surface area contributed by atoms with E-state index in [1.54, 1.807) is 30.3 Å². The molecule has 0 N–H and O–H groups in total. The van der Waals surface area contributed by atoms with Gasteiger partial charge in [-0.1, -0.05) is 47.5 Å². The summed E-state index contributed by atoms with van der Waals surface area (Å²) in [4.78, 5) is 29.1. The van der Waals surface area contributed by atoms with E-state index in [1.807, 2.05) is 31.2 Å². The molecular formula is C28H22Cl2N2O4. The van der Waals surface area contributed by atoms with E-state index in [1.165, 1.54) is 4.90 Å². The van der Waals surface area contributed by atoms with E-state index < -0.39 is 23.0 Å². The quantitative estimate of drug-likeness (QED) is 0.390. The summed E-state index contributed by atoms with van der Waals surface area (Å²) in [6, 6.07) is 17.9. The van der Waals surface area contributed by atoms with E-state index in [2.05, 4.69) is 6.07 Å². The molecule has 6 rings (SSSR count). The van der Waals surface area contributed by atoms with E-state index in [0.29, 0.717) is 57.1 Å². The summed E-state index contributed by atoms with van der Waals surface area (Å²) < 4.78 is 12.4. The summed E-state index contributed by atoms with van der Waals surface area (Å²) in [6.07, 6.45) is 1.81. The molecule has 0 aromatic heterocycles. The molecule has 3 heterocycles. The second-order valence-electron chi connectivity index (χ2n) is 9.91. The Morgan fingerprint density at radius 1 is 1.06 bits per heavy atom. The van der Waals surface area contributed by atoms with Crippen molar-refractivity contribution in [3.05, 3.63) is 70.2 Å². The first-order chi connectivity index (χ1) is 17.3. The van der Waals surface area contributed by atoms with Crippen LogP contribution in [0.15, 0.2) is 54.6 Å². The van der Waals surface area contributed by atoms with Crippen molar-refractivity contribution in [3.63, 3.8) is 0 Å². The van der Waals surface area contributed by atoms with Gasteiger partial charge in [0.1, 0.15) is 5.75 Å². The van der Waals surface area contributed by atoms with E-state index in [0.717, 1.165) is 0 Å². The van der Waals surface area contributed by atoms with Crippen molar-refractivity contribution >= 4 is 51.5 Å². The number of hydrogen-bond donors (Lipinski definition) is 0. The Kier molecular flexibility index (Phi) is 5.31. The van der Waals surface area contributed by atoms with Crippen molar-refractivity contribution in [1.82, 2.24) is 0 Å². The van der Waals surface area contributed by atoms with Gasteiger partial charge in [-0.2, -0.15) is 5.26 Å². The molecule has 3 fully saturated rings. The third-order valence-corrected chi connectivity index (χ3v) is 8.48. The number of carbonyl (C=O) groups excluding carboxylic acids is 2. The van der Waals surface area contributed by atoms with Gasteiger partial charge in [0.05, 0.1) is 52.0 Å². The Morgan fingerprint density at radius 2 is 1.81 bits per heavy atom. The van der Waals surface area contributed by atoms with Crippen molar-refractivity contribution in [2.24, 2.45) is 11.8 Å². The molecule has 3 aliphatic rings. The molecule has 3 saturated heterocycles. The molecule has 0 spiro atoms. The number of benzene rings is 3. The molecule has 6 nitrogen and oxygen atoms in total. The van der Waals surface area contributed by atoms with E-state index in [4.69, 9.17) is 32.7 Å². The van der Waals surface area contributed by atoms with Gasteiger partial charge < -0.3 is 9.47 Å².